The molecule has 0 bridgehead atoms. The summed E-state index contributed by atoms with van der Waals surface area (Å²) in [4.78, 5) is 15.4. The molecule has 1 aliphatic heterocycles. The third-order valence-electron chi connectivity index (χ3n) is 7.46. The molecule has 0 saturated carbocycles. The van der Waals surface area contributed by atoms with Crippen LogP contribution < -0.4 is 4.74 Å². The molecule has 204 valence electrons. The number of likely N-dealkylation sites (N-methyl/N-ethyl adjacent to an activating group) is 1. The Bertz CT molecular complexity index is 1090. The fourth-order valence-electron chi connectivity index (χ4n) is 5.14. The van der Waals surface area contributed by atoms with Crippen molar-refractivity contribution < 1.29 is 12.3 Å². The van der Waals surface area contributed by atoms with Crippen molar-refractivity contribution in [2.75, 3.05) is 20.7 Å². The van der Waals surface area contributed by atoms with Gasteiger partial charge in [0.1, 0.15) is 5.75 Å². The number of allylic oxidation sites excluding steroid dienone is 4. The van der Waals surface area contributed by atoms with Gasteiger partial charge < -0.3 is 9.64 Å². The number of hydrogen-bond acceptors (Lipinski definition) is 3. The number of nitrogens with zero attached hydrogens (tertiary/aromatic N) is 2. The Morgan fingerprint density at radius 2 is 1.78 bits per heavy atom. The average molecular weight is 509 g/mol. The van der Waals surface area contributed by atoms with Gasteiger partial charge >= 0.3 is 0 Å². The quantitative estimate of drug-likeness (QED) is 0.158. The number of aromatic nitrogens is 1. The molecule has 3 rings (SSSR count). The monoisotopic (exact) mass is 508 g/mol. The topological polar surface area (TPSA) is 34.5 Å². The Balaban J connectivity index is 1.47. The van der Waals surface area contributed by atoms with Crippen LogP contribution in [-0.2, 0) is 6.37 Å². The van der Waals surface area contributed by atoms with Gasteiger partial charge in [0, 0.05) is 26.8 Å². The Morgan fingerprint density at radius 3 is 2.49 bits per heavy atom. The van der Waals surface area contributed by atoms with Crippen LogP contribution in [-0.4, -0.2) is 42.1 Å². The lowest BCUT2D eigenvalue weighted by Crippen LogP contribution is -2.26. The van der Waals surface area contributed by atoms with E-state index < -0.39 is 6.37 Å². The predicted molar refractivity (Wildman–Crippen MR) is 158 cm³/mol. The smallest absolute Gasteiger partial charge is 0.231 e. The third kappa shape index (κ3) is 9.48. The molecule has 1 aromatic heterocycles. The van der Waals surface area contributed by atoms with Gasteiger partial charge in [-0.05, 0) is 95.1 Å². The summed E-state index contributed by atoms with van der Waals surface area (Å²) in [6, 6.07) is 5.42. The second-order valence-corrected chi connectivity index (χ2v) is 10.5. The fourth-order valence-corrected chi connectivity index (χ4v) is 5.14. The van der Waals surface area contributed by atoms with Gasteiger partial charge in [0.15, 0.2) is 0 Å². The SMILES string of the molecule is [2H]C([2H])(c1cn(C(=O)CCCCCCC/C=C\C/C=C\CCCCC)c2ccc(OC)cc12)[C@H]1CCCN1C. The van der Waals surface area contributed by atoms with Crippen molar-refractivity contribution >= 4 is 16.8 Å². The van der Waals surface area contributed by atoms with E-state index in [4.69, 9.17) is 7.48 Å². The number of rotatable bonds is 17. The van der Waals surface area contributed by atoms with Gasteiger partial charge in [0.25, 0.3) is 0 Å². The summed E-state index contributed by atoms with van der Waals surface area (Å²) < 4.78 is 25.2. The zero-order valence-electron chi connectivity index (χ0n) is 25.5. The van der Waals surface area contributed by atoms with Crippen molar-refractivity contribution in [2.45, 2.75) is 109 Å². The summed E-state index contributed by atoms with van der Waals surface area (Å²) >= 11 is 0. The van der Waals surface area contributed by atoms with Crippen LogP contribution in [0.3, 0.4) is 0 Å². The number of hydrogen-bond donors (Lipinski definition) is 0. The van der Waals surface area contributed by atoms with Crippen molar-refractivity contribution in [3.8, 4) is 5.75 Å². The van der Waals surface area contributed by atoms with Gasteiger partial charge in [0.2, 0.25) is 5.91 Å². The predicted octanol–water partition coefficient (Wildman–Crippen LogP) is 8.74. The van der Waals surface area contributed by atoms with E-state index in [1.165, 1.54) is 38.5 Å². The number of carbonyl (C=O) groups is 1. The highest BCUT2D eigenvalue weighted by Gasteiger charge is 2.23. The lowest BCUT2D eigenvalue weighted by atomic mass is 10.0. The number of benzene rings is 1. The summed E-state index contributed by atoms with van der Waals surface area (Å²) in [5, 5.41) is 0.771. The Morgan fingerprint density at radius 1 is 1.05 bits per heavy atom. The molecule has 0 aliphatic carbocycles. The standard InChI is InChI=1S/C33H50N2O2/c1-4-5-6-7-8-9-10-11-12-13-14-15-16-17-18-21-33(36)35-27-28(25-29-20-19-24-34(29)2)31-26-30(37-3)22-23-32(31)35/h8-9,11-12,22-23,26-27,29H,4-7,10,13-21,24-25H2,1-3H3/b9-8-,12-11-/t29-/m1/s1/i25D2. The molecule has 0 N–H and O–H groups in total. The van der Waals surface area contributed by atoms with E-state index in [-0.39, 0.29) is 11.9 Å². The van der Waals surface area contributed by atoms with Crippen LogP contribution in [0.2, 0.25) is 0 Å². The number of unbranched alkanes of at least 4 members (excludes halogenated alkanes) is 8. The van der Waals surface area contributed by atoms with Gasteiger partial charge in [-0.2, -0.15) is 0 Å². The van der Waals surface area contributed by atoms with Crippen molar-refractivity contribution in [1.29, 1.82) is 0 Å². The number of carbonyl (C=O) groups excluding carboxylic acids is 1. The molecule has 0 spiro atoms. The van der Waals surface area contributed by atoms with Crippen LogP contribution in [0.25, 0.3) is 10.9 Å². The van der Waals surface area contributed by atoms with E-state index in [2.05, 4.69) is 36.1 Å². The summed E-state index contributed by atoms with van der Waals surface area (Å²) in [7, 11) is 3.61. The van der Waals surface area contributed by atoms with Crippen molar-refractivity contribution in [3.63, 3.8) is 0 Å². The Hall–Kier alpha value is -2.33. The molecular formula is C33H50N2O2. The number of ether oxygens (including phenoxy) is 1. The maximum absolute atomic E-state index is 13.3. The number of fused-ring (bicyclic) bond motifs is 1. The molecule has 0 unspecified atom stereocenters. The zero-order chi connectivity index (χ0) is 28.1. The highest BCUT2D eigenvalue weighted by molar-refractivity contribution is 5.95. The number of methoxy groups -OCH3 is 1. The molecule has 0 amide bonds. The van der Waals surface area contributed by atoms with E-state index >= 15 is 0 Å². The Kier molecular flexibility index (Phi) is 11.7. The van der Waals surface area contributed by atoms with Crippen LogP contribution in [0.4, 0.5) is 0 Å². The second kappa shape index (κ2) is 16.5. The van der Waals surface area contributed by atoms with Gasteiger partial charge in [0.05, 0.1) is 12.6 Å². The normalized spacial score (nSPS) is 17.8. The van der Waals surface area contributed by atoms with Crippen LogP contribution in [0.5, 0.6) is 5.75 Å². The fraction of sp³-hybridized carbons (Fsp3) is 0.606. The molecule has 2 aromatic rings. The molecule has 0 radical (unpaired) electrons. The first kappa shape index (κ1) is 26.3. The number of likely N-dealkylation sites (tertiary alicyclic amines) is 1. The van der Waals surface area contributed by atoms with Crippen LogP contribution in [0.1, 0.15) is 110 Å². The van der Waals surface area contributed by atoms with E-state index in [1.54, 1.807) is 17.9 Å². The van der Waals surface area contributed by atoms with Crippen LogP contribution in [0, 0.1) is 0 Å². The maximum atomic E-state index is 13.3. The summed E-state index contributed by atoms with van der Waals surface area (Å²) in [6.07, 6.45) is 24.4. The minimum atomic E-state index is -1.55. The minimum absolute atomic E-state index is 0.0395. The third-order valence-corrected chi connectivity index (χ3v) is 7.46. The van der Waals surface area contributed by atoms with Gasteiger partial charge in [-0.3, -0.25) is 9.36 Å². The first-order chi connectivity index (χ1) is 18.9. The highest BCUT2D eigenvalue weighted by atomic mass is 16.5. The van der Waals surface area contributed by atoms with E-state index in [0.717, 1.165) is 62.4 Å². The lowest BCUT2D eigenvalue weighted by Gasteiger charge is -2.18. The molecule has 1 fully saturated rings. The molecular weight excluding hydrogens is 456 g/mol. The molecule has 1 aliphatic rings. The maximum Gasteiger partial charge on any atom is 0.231 e. The molecule has 2 heterocycles. The van der Waals surface area contributed by atoms with Crippen LogP contribution >= 0.6 is 0 Å². The summed E-state index contributed by atoms with van der Waals surface area (Å²) in [5.41, 5.74) is 1.35. The average Bonchev–Trinajstić information content (AvgIpc) is 3.55. The van der Waals surface area contributed by atoms with E-state index in [9.17, 15) is 4.79 Å². The molecule has 4 heteroatoms. The first-order valence-corrected chi connectivity index (χ1v) is 14.6. The highest BCUT2D eigenvalue weighted by Crippen LogP contribution is 2.30. The van der Waals surface area contributed by atoms with Gasteiger partial charge in [-0.15, -0.1) is 0 Å². The molecule has 4 nitrogen and oxygen atoms in total. The van der Waals surface area contributed by atoms with Crippen molar-refractivity contribution in [3.05, 3.63) is 54.3 Å². The zero-order valence-corrected chi connectivity index (χ0v) is 23.5. The first-order valence-electron chi connectivity index (χ1n) is 15.6. The van der Waals surface area contributed by atoms with Crippen molar-refractivity contribution in [1.82, 2.24) is 9.47 Å². The lowest BCUT2D eigenvalue weighted by molar-refractivity contribution is 0.0904. The van der Waals surface area contributed by atoms with E-state index in [1.807, 2.05) is 25.2 Å². The summed E-state index contributed by atoms with van der Waals surface area (Å²) in [6.45, 7) is 3.14. The van der Waals surface area contributed by atoms with Crippen LogP contribution in [0.15, 0.2) is 48.7 Å². The largest absolute Gasteiger partial charge is 0.497 e. The van der Waals surface area contributed by atoms with Gasteiger partial charge in [-0.25, -0.2) is 0 Å². The molecule has 37 heavy (non-hydrogen) atoms. The minimum Gasteiger partial charge on any atom is -0.497 e. The second-order valence-electron chi connectivity index (χ2n) is 10.5. The van der Waals surface area contributed by atoms with Gasteiger partial charge in [-0.1, -0.05) is 63.3 Å². The molecule has 1 saturated heterocycles. The Labute approximate surface area is 228 Å². The summed E-state index contributed by atoms with van der Waals surface area (Å²) in [5.74, 6) is 0.718. The molecule has 1 aromatic carbocycles. The molecule has 1 atom stereocenters. The van der Waals surface area contributed by atoms with Crippen molar-refractivity contribution in [2.24, 2.45) is 0 Å². The van der Waals surface area contributed by atoms with E-state index in [0.29, 0.717) is 17.7 Å².